The largest absolute Gasteiger partial charge is 0.154 e. The van der Waals surface area contributed by atoms with E-state index in [0.717, 1.165) is 18.1 Å². The predicted octanol–water partition coefficient (Wildman–Crippen LogP) is 4.43. The average molecular weight is 255 g/mol. The minimum atomic E-state index is 0.672. The van der Waals surface area contributed by atoms with Crippen LogP contribution in [0.1, 0.15) is 36.5 Å². The molecule has 1 aromatic carbocycles. The normalized spacial score (nSPS) is 16.1. The van der Waals surface area contributed by atoms with Gasteiger partial charge in [0, 0.05) is 16.9 Å². The SMILES string of the molecule is CC(CCCl)SCc1ccc2c(c1)CCC2. The molecule has 2 rings (SSSR count). The zero-order valence-corrected chi connectivity index (χ0v) is 11.4. The van der Waals surface area contributed by atoms with Crippen molar-refractivity contribution in [3.63, 3.8) is 0 Å². The zero-order chi connectivity index (χ0) is 11.4. The summed E-state index contributed by atoms with van der Waals surface area (Å²) in [5.74, 6) is 1.91. The predicted molar refractivity (Wildman–Crippen MR) is 74.6 cm³/mol. The van der Waals surface area contributed by atoms with Crippen LogP contribution in [0.3, 0.4) is 0 Å². The molecule has 0 aliphatic heterocycles. The van der Waals surface area contributed by atoms with Crippen LogP contribution in [0.4, 0.5) is 0 Å². The van der Waals surface area contributed by atoms with Gasteiger partial charge in [-0.2, -0.15) is 11.8 Å². The van der Waals surface area contributed by atoms with Gasteiger partial charge >= 0.3 is 0 Å². The third-order valence-electron chi connectivity index (χ3n) is 3.21. The van der Waals surface area contributed by atoms with Gasteiger partial charge in [-0.15, -0.1) is 11.6 Å². The Bertz CT molecular complexity index is 349. The molecular formula is C14H19ClS. The molecular weight excluding hydrogens is 236 g/mol. The number of fused-ring (bicyclic) bond motifs is 1. The Hall–Kier alpha value is -0.140. The van der Waals surface area contributed by atoms with Crippen molar-refractivity contribution in [1.29, 1.82) is 0 Å². The summed E-state index contributed by atoms with van der Waals surface area (Å²) in [6.07, 6.45) is 5.02. The average Bonchev–Trinajstić information content (AvgIpc) is 2.74. The lowest BCUT2D eigenvalue weighted by molar-refractivity contribution is 0.910. The van der Waals surface area contributed by atoms with Crippen molar-refractivity contribution in [1.82, 2.24) is 0 Å². The first-order valence-electron chi connectivity index (χ1n) is 6.08. The second-order valence-corrected chi connectivity index (χ2v) is 6.36. The van der Waals surface area contributed by atoms with Gasteiger partial charge in [-0.1, -0.05) is 25.1 Å². The lowest BCUT2D eigenvalue weighted by atomic mass is 10.1. The summed E-state index contributed by atoms with van der Waals surface area (Å²) in [7, 11) is 0. The first-order valence-corrected chi connectivity index (χ1v) is 7.66. The molecule has 0 heterocycles. The van der Waals surface area contributed by atoms with Crippen LogP contribution in [0.5, 0.6) is 0 Å². The number of hydrogen-bond acceptors (Lipinski definition) is 1. The van der Waals surface area contributed by atoms with Gasteiger partial charge in [-0.25, -0.2) is 0 Å². The number of alkyl halides is 1. The van der Waals surface area contributed by atoms with E-state index in [0.29, 0.717) is 5.25 Å². The van der Waals surface area contributed by atoms with Crippen molar-refractivity contribution in [3.8, 4) is 0 Å². The summed E-state index contributed by atoms with van der Waals surface area (Å²) in [5, 5.41) is 0.672. The third-order valence-corrected chi connectivity index (χ3v) is 4.74. The van der Waals surface area contributed by atoms with Crippen molar-refractivity contribution >= 4 is 23.4 Å². The highest BCUT2D eigenvalue weighted by Gasteiger charge is 2.11. The molecule has 0 amide bonds. The zero-order valence-electron chi connectivity index (χ0n) is 9.84. The van der Waals surface area contributed by atoms with E-state index in [9.17, 15) is 0 Å². The fraction of sp³-hybridized carbons (Fsp3) is 0.571. The molecule has 0 saturated heterocycles. The first kappa shape index (κ1) is 12.3. The van der Waals surface area contributed by atoms with Crippen LogP contribution >= 0.6 is 23.4 Å². The van der Waals surface area contributed by atoms with Crippen LogP contribution < -0.4 is 0 Å². The summed E-state index contributed by atoms with van der Waals surface area (Å²) < 4.78 is 0. The van der Waals surface area contributed by atoms with Crippen LogP contribution in [0.25, 0.3) is 0 Å². The van der Waals surface area contributed by atoms with Crippen molar-refractivity contribution in [2.75, 3.05) is 5.88 Å². The van der Waals surface area contributed by atoms with Crippen molar-refractivity contribution in [3.05, 3.63) is 34.9 Å². The summed E-state index contributed by atoms with van der Waals surface area (Å²) in [5.41, 5.74) is 4.64. The molecule has 1 aliphatic rings. The minimum Gasteiger partial charge on any atom is -0.154 e. The molecule has 0 N–H and O–H groups in total. The number of thioether (sulfide) groups is 1. The molecule has 0 nitrogen and oxygen atoms in total. The van der Waals surface area contributed by atoms with Crippen LogP contribution in [-0.2, 0) is 18.6 Å². The maximum atomic E-state index is 5.74. The number of hydrogen-bond donors (Lipinski definition) is 0. The molecule has 0 spiro atoms. The molecule has 1 atom stereocenters. The van der Waals surface area contributed by atoms with E-state index >= 15 is 0 Å². The van der Waals surface area contributed by atoms with Crippen LogP contribution in [0.2, 0.25) is 0 Å². The molecule has 1 aromatic rings. The summed E-state index contributed by atoms with van der Waals surface area (Å²) in [4.78, 5) is 0. The Morgan fingerprint density at radius 3 is 2.94 bits per heavy atom. The van der Waals surface area contributed by atoms with Crippen LogP contribution in [0, 0.1) is 0 Å². The number of halogens is 1. The molecule has 0 radical (unpaired) electrons. The van der Waals surface area contributed by atoms with Gasteiger partial charge in [0.05, 0.1) is 0 Å². The van der Waals surface area contributed by atoms with E-state index < -0.39 is 0 Å². The fourth-order valence-electron chi connectivity index (χ4n) is 2.19. The molecule has 16 heavy (non-hydrogen) atoms. The highest BCUT2D eigenvalue weighted by molar-refractivity contribution is 7.99. The molecule has 1 unspecified atom stereocenters. The lowest BCUT2D eigenvalue weighted by Crippen LogP contribution is -1.97. The topological polar surface area (TPSA) is 0 Å². The molecule has 0 fully saturated rings. The van der Waals surface area contributed by atoms with Crippen molar-refractivity contribution in [2.45, 2.75) is 43.6 Å². The first-order chi connectivity index (χ1) is 7.79. The van der Waals surface area contributed by atoms with E-state index in [-0.39, 0.29) is 0 Å². The summed E-state index contributed by atoms with van der Waals surface area (Å²) in [6.45, 7) is 2.26. The third kappa shape index (κ3) is 3.18. The van der Waals surface area contributed by atoms with Crippen LogP contribution in [0.15, 0.2) is 18.2 Å². The van der Waals surface area contributed by atoms with Crippen molar-refractivity contribution in [2.24, 2.45) is 0 Å². The maximum absolute atomic E-state index is 5.74. The fourth-order valence-corrected chi connectivity index (χ4v) is 3.59. The van der Waals surface area contributed by atoms with E-state index in [1.54, 1.807) is 11.1 Å². The monoisotopic (exact) mass is 254 g/mol. The Morgan fingerprint density at radius 1 is 1.31 bits per heavy atom. The van der Waals surface area contributed by atoms with Gasteiger partial charge in [0.2, 0.25) is 0 Å². The van der Waals surface area contributed by atoms with E-state index in [1.165, 1.54) is 24.8 Å². The van der Waals surface area contributed by atoms with E-state index in [2.05, 4.69) is 25.1 Å². The Morgan fingerprint density at radius 2 is 2.12 bits per heavy atom. The maximum Gasteiger partial charge on any atom is 0.0233 e. The Balaban J connectivity index is 1.90. The van der Waals surface area contributed by atoms with Crippen molar-refractivity contribution < 1.29 is 0 Å². The molecule has 0 saturated carbocycles. The number of aryl methyl sites for hydroxylation is 2. The van der Waals surface area contributed by atoms with Gasteiger partial charge in [0.25, 0.3) is 0 Å². The summed E-state index contributed by atoms with van der Waals surface area (Å²) >= 11 is 7.76. The van der Waals surface area contributed by atoms with Gasteiger partial charge in [-0.3, -0.25) is 0 Å². The minimum absolute atomic E-state index is 0.672. The molecule has 0 aromatic heterocycles. The van der Waals surface area contributed by atoms with Gasteiger partial charge in [0.15, 0.2) is 0 Å². The Kier molecular flexibility index (Phi) is 4.60. The molecule has 1 aliphatic carbocycles. The smallest absolute Gasteiger partial charge is 0.0233 e. The second kappa shape index (κ2) is 5.97. The van der Waals surface area contributed by atoms with Gasteiger partial charge < -0.3 is 0 Å². The molecule has 0 bridgehead atoms. The second-order valence-electron chi connectivity index (χ2n) is 4.56. The van der Waals surface area contributed by atoms with E-state index in [4.69, 9.17) is 11.6 Å². The van der Waals surface area contributed by atoms with Gasteiger partial charge in [0.1, 0.15) is 0 Å². The quantitative estimate of drug-likeness (QED) is 0.701. The van der Waals surface area contributed by atoms with E-state index in [1.807, 2.05) is 11.8 Å². The highest BCUT2D eigenvalue weighted by atomic mass is 35.5. The summed E-state index contributed by atoms with van der Waals surface area (Å²) in [6, 6.07) is 7.03. The lowest BCUT2D eigenvalue weighted by Gasteiger charge is -2.10. The van der Waals surface area contributed by atoms with Crippen LogP contribution in [-0.4, -0.2) is 11.1 Å². The molecule has 2 heteroatoms. The number of benzene rings is 1. The van der Waals surface area contributed by atoms with Gasteiger partial charge in [-0.05, 0) is 42.4 Å². The Labute approximate surface area is 108 Å². The molecule has 88 valence electrons. The number of rotatable bonds is 5. The standard InChI is InChI=1S/C14H19ClS/c1-11(7-8-15)16-10-12-5-6-13-3-2-4-14(13)9-12/h5-6,9,11H,2-4,7-8,10H2,1H3. The highest BCUT2D eigenvalue weighted by Crippen LogP contribution is 2.26.